The van der Waals surface area contributed by atoms with Gasteiger partial charge in [0, 0.05) is 0 Å². The normalized spacial score (nSPS) is 37.6. The average Bonchev–Trinajstić information content (AvgIpc) is 2.27. The molecule has 2 aliphatic rings. The van der Waals surface area contributed by atoms with Crippen molar-refractivity contribution in [3.05, 3.63) is 12.2 Å². The molecule has 3 atom stereocenters. The van der Waals surface area contributed by atoms with Gasteiger partial charge in [-0.15, -0.1) is 0 Å². The molecule has 0 aliphatic heterocycles. The van der Waals surface area contributed by atoms with Crippen molar-refractivity contribution >= 4 is 5.97 Å². The summed E-state index contributed by atoms with van der Waals surface area (Å²) in [5.41, 5.74) is 1.47. The summed E-state index contributed by atoms with van der Waals surface area (Å²) in [4.78, 5) is 12.4. The molecular weight excluding hydrogens is 236 g/mol. The molecule has 0 radical (unpaired) electrons. The Morgan fingerprint density at radius 1 is 1.37 bits per heavy atom. The van der Waals surface area contributed by atoms with Crippen LogP contribution in [0, 0.1) is 22.7 Å². The minimum absolute atomic E-state index is 0.0441. The highest BCUT2D eigenvalue weighted by Crippen LogP contribution is 2.60. The average molecular weight is 264 g/mol. The molecule has 0 aromatic heterocycles. The second-order valence-electron chi connectivity index (χ2n) is 7.28. The third kappa shape index (κ3) is 2.34. The molecule has 0 aromatic rings. The summed E-state index contributed by atoms with van der Waals surface area (Å²) >= 11 is 0. The summed E-state index contributed by atoms with van der Waals surface area (Å²) in [7, 11) is 0. The first-order valence-electron chi connectivity index (χ1n) is 7.67. The van der Waals surface area contributed by atoms with E-state index in [1.807, 2.05) is 6.92 Å². The fraction of sp³-hybridized carbons (Fsp3) is 0.824. The van der Waals surface area contributed by atoms with Gasteiger partial charge in [-0.25, -0.2) is 0 Å². The number of hydrogen-bond acceptors (Lipinski definition) is 2. The molecule has 2 fully saturated rings. The molecule has 0 bridgehead atoms. The molecule has 0 heterocycles. The van der Waals surface area contributed by atoms with E-state index in [1.54, 1.807) is 0 Å². The lowest BCUT2D eigenvalue weighted by Gasteiger charge is -2.56. The highest BCUT2D eigenvalue weighted by Gasteiger charge is 2.55. The summed E-state index contributed by atoms with van der Waals surface area (Å²) < 4.78 is 5.33. The first kappa shape index (κ1) is 14.6. The Hall–Kier alpha value is -0.790. The van der Waals surface area contributed by atoms with Gasteiger partial charge in [0.2, 0.25) is 0 Å². The lowest BCUT2D eigenvalue weighted by Crippen LogP contribution is -2.52. The van der Waals surface area contributed by atoms with Crippen molar-refractivity contribution < 1.29 is 9.53 Å². The van der Waals surface area contributed by atoms with Crippen LogP contribution in [0.4, 0.5) is 0 Å². The van der Waals surface area contributed by atoms with E-state index in [2.05, 4.69) is 27.4 Å². The summed E-state index contributed by atoms with van der Waals surface area (Å²) in [5, 5.41) is 0. The molecule has 0 saturated heterocycles. The SMILES string of the molecule is C=C1CC[C@@H]2C(C)(C)CCC[C@@]2(C)C1C(=O)OCC. The van der Waals surface area contributed by atoms with Crippen molar-refractivity contribution in [2.75, 3.05) is 6.61 Å². The number of ether oxygens (including phenoxy) is 1. The van der Waals surface area contributed by atoms with E-state index in [1.165, 1.54) is 19.3 Å². The number of fused-ring (bicyclic) bond motifs is 1. The molecule has 108 valence electrons. The summed E-state index contributed by atoms with van der Waals surface area (Å²) in [6.45, 7) is 13.6. The summed E-state index contributed by atoms with van der Waals surface area (Å²) in [6, 6.07) is 0. The molecule has 0 N–H and O–H groups in total. The van der Waals surface area contributed by atoms with Crippen molar-refractivity contribution in [1.29, 1.82) is 0 Å². The maximum atomic E-state index is 12.4. The van der Waals surface area contributed by atoms with Crippen LogP contribution in [0.25, 0.3) is 0 Å². The van der Waals surface area contributed by atoms with Gasteiger partial charge in [-0.1, -0.05) is 39.3 Å². The highest BCUT2D eigenvalue weighted by atomic mass is 16.5. The van der Waals surface area contributed by atoms with Gasteiger partial charge in [0.15, 0.2) is 0 Å². The summed E-state index contributed by atoms with van der Waals surface area (Å²) in [5.74, 6) is 0.469. The number of carbonyl (C=O) groups excluding carboxylic acids is 1. The van der Waals surface area contributed by atoms with Crippen molar-refractivity contribution in [2.45, 2.75) is 59.8 Å². The third-order valence-electron chi connectivity index (χ3n) is 5.62. The smallest absolute Gasteiger partial charge is 0.313 e. The topological polar surface area (TPSA) is 26.3 Å². The van der Waals surface area contributed by atoms with Crippen LogP contribution in [0.3, 0.4) is 0 Å². The van der Waals surface area contributed by atoms with Gasteiger partial charge in [0.05, 0.1) is 12.5 Å². The Balaban J connectivity index is 2.35. The molecule has 2 rings (SSSR count). The molecule has 0 spiro atoms. The zero-order valence-electron chi connectivity index (χ0n) is 12.9. The predicted molar refractivity (Wildman–Crippen MR) is 77.7 cm³/mol. The van der Waals surface area contributed by atoms with Gasteiger partial charge in [-0.3, -0.25) is 4.79 Å². The van der Waals surface area contributed by atoms with E-state index < -0.39 is 0 Å². The molecular formula is C17H28O2. The Kier molecular flexibility index (Phi) is 3.81. The van der Waals surface area contributed by atoms with Gasteiger partial charge in [0.1, 0.15) is 0 Å². The van der Waals surface area contributed by atoms with Gasteiger partial charge in [-0.05, 0) is 49.4 Å². The fourth-order valence-corrected chi connectivity index (χ4v) is 4.83. The Labute approximate surface area is 117 Å². The van der Waals surface area contributed by atoms with E-state index in [0.29, 0.717) is 17.9 Å². The van der Waals surface area contributed by atoms with Crippen LogP contribution >= 0.6 is 0 Å². The first-order chi connectivity index (χ1) is 8.83. The lowest BCUT2D eigenvalue weighted by atomic mass is 9.47. The van der Waals surface area contributed by atoms with Crippen LogP contribution in [-0.4, -0.2) is 12.6 Å². The maximum absolute atomic E-state index is 12.4. The fourth-order valence-electron chi connectivity index (χ4n) is 4.83. The number of hydrogen-bond donors (Lipinski definition) is 0. The van der Waals surface area contributed by atoms with E-state index in [-0.39, 0.29) is 17.3 Å². The zero-order chi connectivity index (χ0) is 14.3. The Morgan fingerprint density at radius 2 is 2.05 bits per heavy atom. The lowest BCUT2D eigenvalue weighted by molar-refractivity contribution is -0.158. The van der Waals surface area contributed by atoms with Gasteiger partial charge in [0.25, 0.3) is 0 Å². The van der Waals surface area contributed by atoms with E-state index in [9.17, 15) is 4.79 Å². The van der Waals surface area contributed by atoms with Crippen LogP contribution in [0.1, 0.15) is 59.8 Å². The number of rotatable bonds is 2. The second kappa shape index (κ2) is 4.96. The van der Waals surface area contributed by atoms with E-state index >= 15 is 0 Å². The quantitative estimate of drug-likeness (QED) is 0.547. The minimum atomic E-state index is -0.0919. The minimum Gasteiger partial charge on any atom is -0.466 e. The Morgan fingerprint density at radius 3 is 2.68 bits per heavy atom. The molecule has 2 aliphatic carbocycles. The molecule has 2 heteroatoms. The van der Waals surface area contributed by atoms with Gasteiger partial charge < -0.3 is 4.74 Å². The van der Waals surface area contributed by atoms with Crippen molar-refractivity contribution in [2.24, 2.45) is 22.7 Å². The molecule has 0 amide bonds. The van der Waals surface area contributed by atoms with Crippen LogP contribution in [0.2, 0.25) is 0 Å². The van der Waals surface area contributed by atoms with Gasteiger partial charge >= 0.3 is 5.97 Å². The Bertz CT molecular complexity index is 383. The van der Waals surface area contributed by atoms with E-state index in [0.717, 1.165) is 18.4 Å². The maximum Gasteiger partial charge on any atom is 0.313 e. The van der Waals surface area contributed by atoms with Crippen LogP contribution in [0.5, 0.6) is 0 Å². The van der Waals surface area contributed by atoms with Crippen LogP contribution in [-0.2, 0) is 9.53 Å². The molecule has 1 unspecified atom stereocenters. The zero-order valence-corrected chi connectivity index (χ0v) is 12.9. The predicted octanol–water partition coefficient (Wildman–Crippen LogP) is 4.35. The summed E-state index contributed by atoms with van der Waals surface area (Å²) in [6.07, 6.45) is 5.77. The van der Waals surface area contributed by atoms with Crippen molar-refractivity contribution in [3.8, 4) is 0 Å². The van der Waals surface area contributed by atoms with Crippen molar-refractivity contribution in [3.63, 3.8) is 0 Å². The molecule has 19 heavy (non-hydrogen) atoms. The standard InChI is InChI=1S/C17H28O2/c1-6-19-15(18)14-12(2)8-9-13-16(3,4)10-7-11-17(13,14)5/h13-14H,2,6-11H2,1,3-5H3/t13-,14?,17-/m1/s1. The van der Waals surface area contributed by atoms with Crippen LogP contribution < -0.4 is 0 Å². The highest BCUT2D eigenvalue weighted by molar-refractivity contribution is 5.77. The van der Waals surface area contributed by atoms with Gasteiger partial charge in [-0.2, -0.15) is 0 Å². The monoisotopic (exact) mass is 264 g/mol. The third-order valence-corrected chi connectivity index (χ3v) is 5.62. The largest absolute Gasteiger partial charge is 0.466 e. The molecule has 0 aromatic carbocycles. The molecule has 2 nitrogen and oxygen atoms in total. The van der Waals surface area contributed by atoms with Crippen molar-refractivity contribution in [1.82, 2.24) is 0 Å². The number of carbonyl (C=O) groups is 1. The first-order valence-corrected chi connectivity index (χ1v) is 7.67. The van der Waals surface area contributed by atoms with E-state index in [4.69, 9.17) is 4.74 Å². The number of esters is 1. The second-order valence-corrected chi connectivity index (χ2v) is 7.28. The van der Waals surface area contributed by atoms with Crippen LogP contribution in [0.15, 0.2) is 12.2 Å². The molecule has 2 saturated carbocycles.